The molecule has 0 unspecified atom stereocenters. The molecule has 0 spiro atoms. The highest BCUT2D eigenvalue weighted by Crippen LogP contribution is 2.27. The SMILES string of the molecule is Cc1nc(Cl)nc(NCC(C)(C)N(C)C)c1[N+](=O)[O-]. The third-order valence-electron chi connectivity index (χ3n) is 3.11. The molecule has 0 radical (unpaired) electrons. The summed E-state index contributed by atoms with van der Waals surface area (Å²) in [4.78, 5) is 20.3. The molecule has 1 rings (SSSR count). The van der Waals surface area contributed by atoms with E-state index in [0.717, 1.165) is 0 Å². The molecule has 0 saturated carbocycles. The molecule has 0 bridgehead atoms. The molecular weight excluding hydrogens is 270 g/mol. The van der Waals surface area contributed by atoms with Crippen molar-refractivity contribution in [1.29, 1.82) is 0 Å². The summed E-state index contributed by atoms with van der Waals surface area (Å²) in [5.41, 5.74) is -0.0757. The number of hydrogen-bond acceptors (Lipinski definition) is 6. The van der Waals surface area contributed by atoms with Crippen molar-refractivity contribution in [3.05, 3.63) is 21.1 Å². The molecule has 1 aromatic heterocycles. The summed E-state index contributed by atoms with van der Waals surface area (Å²) in [5.74, 6) is 0.150. The molecular formula is C11H18ClN5O2. The molecule has 1 aromatic rings. The lowest BCUT2D eigenvalue weighted by Gasteiger charge is -2.32. The summed E-state index contributed by atoms with van der Waals surface area (Å²) in [5, 5.41) is 14.0. The highest BCUT2D eigenvalue weighted by Gasteiger charge is 2.25. The Morgan fingerprint density at radius 3 is 2.47 bits per heavy atom. The lowest BCUT2D eigenvalue weighted by atomic mass is 10.0. The minimum Gasteiger partial charge on any atom is -0.362 e. The molecule has 1 heterocycles. The first-order chi connectivity index (χ1) is 8.65. The largest absolute Gasteiger partial charge is 0.362 e. The Bertz CT molecular complexity index is 490. The molecule has 0 aliphatic heterocycles. The van der Waals surface area contributed by atoms with E-state index in [1.54, 1.807) is 0 Å². The summed E-state index contributed by atoms with van der Waals surface area (Å²) in [7, 11) is 3.88. The van der Waals surface area contributed by atoms with Crippen molar-refractivity contribution in [2.45, 2.75) is 26.3 Å². The van der Waals surface area contributed by atoms with Crippen molar-refractivity contribution in [1.82, 2.24) is 14.9 Å². The fourth-order valence-corrected chi connectivity index (χ4v) is 1.54. The Labute approximate surface area is 117 Å². The normalized spacial score (nSPS) is 11.7. The highest BCUT2D eigenvalue weighted by molar-refractivity contribution is 6.28. The molecule has 19 heavy (non-hydrogen) atoms. The lowest BCUT2D eigenvalue weighted by Crippen LogP contribution is -2.44. The number of rotatable bonds is 5. The average molecular weight is 288 g/mol. The summed E-state index contributed by atoms with van der Waals surface area (Å²) < 4.78 is 0. The van der Waals surface area contributed by atoms with Gasteiger partial charge in [0.2, 0.25) is 11.1 Å². The average Bonchev–Trinajstić information content (AvgIpc) is 2.24. The number of aromatic nitrogens is 2. The number of hydrogen-bond donors (Lipinski definition) is 1. The van der Waals surface area contributed by atoms with Gasteiger partial charge >= 0.3 is 5.69 Å². The number of aryl methyl sites for hydroxylation is 1. The van der Waals surface area contributed by atoms with Crippen molar-refractivity contribution < 1.29 is 4.92 Å². The van der Waals surface area contributed by atoms with E-state index in [-0.39, 0.29) is 28.0 Å². The van der Waals surface area contributed by atoms with Crippen molar-refractivity contribution in [2.75, 3.05) is 26.0 Å². The first-order valence-corrected chi connectivity index (χ1v) is 6.13. The molecule has 0 aliphatic rings. The van der Waals surface area contributed by atoms with Crippen LogP contribution < -0.4 is 5.32 Å². The van der Waals surface area contributed by atoms with E-state index in [1.165, 1.54) is 6.92 Å². The Morgan fingerprint density at radius 1 is 1.42 bits per heavy atom. The predicted octanol–water partition coefficient (Wildman–Crippen LogP) is 2.10. The van der Waals surface area contributed by atoms with Gasteiger partial charge in [-0.2, -0.15) is 4.98 Å². The second-order valence-corrected chi connectivity index (χ2v) is 5.43. The standard InChI is InChI=1S/C11H18ClN5O2/c1-7-8(17(18)19)9(15-10(12)14-7)13-6-11(2,3)16(4)5/h6H2,1-5H3,(H,13,14,15). The second kappa shape index (κ2) is 5.66. The Hall–Kier alpha value is -1.47. The highest BCUT2D eigenvalue weighted by atomic mass is 35.5. The van der Waals surface area contributed by atoms with Crippen LogP contribution in [-0.4, -0.2) is 46.0 Å². The van der Waals surface area contributed by atoms with Gasteiger partial charge in [-0.1, -0.05) is 0 Å². The smallest absolute Gasteiger partial charge is 0.332 e. The minimum atomic E-state index is -0.503. The van der Waals surface area contributed by atoms with Crippen LogP contribution in [0.15, 0.2) is 0 Å². The van der Waals surface area contributed by atoms with Crippen LogP contribution in [0.25, 0.3) is 0 Å². The molecule has 0 amide bonds. The van der Waals surface area contributed by atoms with Crippen molar-refractivity contribution >= 4 is 23.1 Å². The third kappa shape index (κ3) is 3.74. The van der Waals surface area contributed by atoms with Gasteiger partial charge in [-0.15, -0.1) is 0 Å². The fraction of sp³-hybridized carbons (Fsp3) is 0.636. The molecule has 0 atom stereocenters. The summed E-state index contributed by atoms with van der Waals surface area (Å²) >= 11 is 5.74. The van der Waals surface area contributed by atoms with Crippen LogP contribution in [0, 0.1) is 17.0 Å². The number of anilines is 1. The molecule has 0 aliphatic carbocycles. The van der Waals surface area contributed by atoms with E-state index in [1.807, 2.05) is 32.8 Å². The topological polar surface area (TPSA) is 84.2 Å². The molecule has 0 aromatic carbocycles. The zero-order valence-corrected chi connectivity index (χ0v) is 12.4. The van der Waals surface area contributed by atoms with Crippen LogP contribution in [0.1, 0.15) is 19.5 Å². The Morgan fingerprint density at radius 2 is 2.00 bits per heavy atom. The molecule has 1 N–H and O–H groups in total. The van der Waals surface area contributed by atoms with Crippen molar-refractivity contribution in [2.24, 2.45) is 0 Å². The van der Waals surface area contributed by atoms with E-state index in [2.05, 4.69) is 15.3 Å². The predicted molar refractivity (Wildman–Crippen MR) is 74.7 cm³/mol. The van der Waals surface area contributed by atoms with E-state index in [0.29, 0.717) is 6.54 Å². The van der Waals surface area contributed by atoms with E-state index in [9.17, 15) is 10.1 Å². The Kier molecular flexibility index (Phi) is 4.65. The van der Waals surface area contributed by atoms with Gasteiger partial charge in [-0.05, 0) is 46.5 Å². The lowest BCUT2D eigenvalue weighted by molar-refractivity contribution is -0.385. The number of nitrogens with zero attached hydrogens (tertiary/aromatic N) is 4. The first-order valence-electron chi connectivity index (χ1n) is 5.75. The molecule has 8 heteroatoms. The summed E-state index contributed by atoms with van der Waals surface area (Å²) in [6.07, 6.45) is 0. The molecule has 7 nitrogen and oxygen atoms in total. The van der Waals surface area contributed by atoms with E-state index in [4.69, 9.17) is 11.6 Å². The van der Waals surface area contributed by atoms with Crippen LogP contribution in [0.3, 0.4) is 0 Å². The summed E-state index contributed by atoms with van der Waals surface area (Å²) in [6.45, 7) is 6.06. The van der Waals surface area contributed by atoms with E-state index < -0.39 is 4.92 Å². The maximum Gasteiger partial charge on any atom is 0.332 e. The van der Waals surface area contributed by atoms with Crippen molar-refractivity contribution in [3.8, 4) is 0 Å². The number of likely N-dealkylation sites (N-methyl/N-ethyl adjacent to an activating group) is 1. The van der Waals surface area contributed by atoms with Gasteiger partial charge in [0, 0.05) is 12.1 Å². The van der Waals surface area contributed by atoms with Gasteiger partial charge in [0.05, 0.1) is 4.92 Å². The number of nitrogens with one attached hydrogen (secondary N) is 1. The maximum atomic E-state index is 11.0. The van der Waals surface area contributed by atoms with Gasteiger partial charge in [0.25, 0.3) is 0 Å². The van der Waals surface area contributed by atoms with Crippen molar-refractivity contribution in [3.63, 3.8) is 0 Å². The molecule has 106 valence electrons. The van der Waals surface area contributed by atoms with Gasteiger partial charge in [0.15, 0.2) is 0 Å². The van der Waals surface area contributed by atoms with Crippen LogP contribution >= 0.6 is 11.6 Å². The van der Waals surface area contributed by atoms with Crippen LogP contribution in [0.2, 0.25) is 5.28 Å². The van der Waals surface area contributed by atoms with E-state index >= 15 is 0 Å². The van der Waals surface area contributed by atoms with Crippen LogP contribution in [0.4, 0.5) is 11.5 Å². The summed E-state index contributed by atoms with van der Waals surface area (Å²) in [6, 6.07) is 0. The fourth-order valence-electron chi connectivity index (χ4n) is 1.33. The second-order valence-electron chi connectivity index (χ2n) is 5.09. The third-order valence-corrected chi connectivity index (χ3v) is 3.28. The zero-order valence-electron chi connectivity index (χ0n) is 11.7. The monoisotopic (exact) mass is 287 g/mol. The molecule has 0 saturated heterocycles. The first kappa shape index (κ1) is 15.6. The molecule has 0 fully saturated rings. The number of halogens is 1. The number of nitro groups is 1. The minimum absolute atomic E-state index is 0.00624. The van der Waals surface area contributed by atoms with Crippen LogP contribution in [0.5, 0.6) is 0 Å². The van der Waals surface area contributed by atoms with Gasteiger partial charge in [-0.25, -0.2) is 4.98 Å². The maximum absolute atomic E-state index is 11.0. The zero-order chi connectivity index (χ0) is 14.8. The van der Waals surface area contributed by atoms with Gasteiger partial charge in [0.1, 0.15) is 5.69 Å². The van der Waals surface area contributed by atoms with Gasteiger partial charge in [-0.3, -0.25) is 10.1 Å². The Balaban J connectivity index is 3.04. The van der Waals surface area contributed by atoms with Crippen LogP contribution in [-0.2, 0) is 0 Å². The van der Waals surface area contributed by atoms with Gasteiger partial charge < -0.3 is 10.2 Å². The quantitative estimate of drug-likeness (QED) is 0.507.